The third kappa shape index (κ3) is 4.86. The number of nitrogens with one attached hydrogen (secondary N) is 1. The lowest BCUT2D eigenvalue weighted by Crippen LogP contribution is -2.37. The maximum Gasteiger partial charge on any atom is 0.254 e. The van der Waals surface area contributed by atoms with Gasteiger partial charge >= 0.3 is 0 Å². The van der Waals surface area contributed by atoms with Gasteiger partial charge in [0.1, 0.15) is 23.9 Å². The molecule has 122 valence electrons. The van der Waals surface area contributed by atoms with Gasteiger partial charge in [-0.2, -0.15) is 0 Å². The van der Waals surface area contributed by atoms with E-state index >= 15 is 0 Å². The zero-order valence-corrected chi connectivity index (χ0v) is 13.6. The van der Waals surface area contributed by atoms with Crippen molar-refractivity contribution in [2.24, 2.45) is 0 Å². The number of benzene rings is 2. The van der Waals surface area contributed by atoms with E-state index in [0.717, 1.165) is 11.8 Å². The Balaban J connectivity index is 1.88. The van der Waals surface area contributed by atoms with E-state index in [0.29, 0.717) is 5.75 Å². The molecule has 0 bridgehead atoms. The first-order chi connectivity index (χ1) is 11.0. The fourth-order valence-corrected chi connectivity index (χ4v) is 2.07. The highest BCUT2D eigenvalue weighted by Gasteiger charge is 2.14. The van der Waals surface area contributed by atoms with Crippen LogP contribution in [0.5, 0.6) is 11.5 Å². The Labute approximate surface area is 139 Å². The van der Waals surface area contributed by atoms with Gasteiger partial charge in [-0.15, -0.1) is 0 Å². The molecule has 1 atom stereocenters. The molecule has 2 rings (SSSR count). The summed E-state index contributed by atoms with van der Waals surface area (Å²) in [5.41, 5.74) is -0.0503. The number of amides is 1. The molecule has 0 aliphatic rings. The van der Waals surface area contributed by atoms with Crippen molar-refractivity contribution < 1.29 is 18.7 Å². The number of hydrogen-bond acceptors (Lipinski definition) is 3. The molecule has 2 aromatic carbocycles. The van der Waals surface area contributed by atoms with E-state index in [1.54, 1.807) is 38.3 Å². The smallest absolute Gasteiger partial charge is 0.254 e. The molecule has 6 heteroatoms. The Morgan fingerprint density at radius 1 is 1.22 bits per heavy atom. The van der Waals surface area contributed by atoms with E-state index in [1.165, 1.54) is 12.1 Å². The summed E-state index contributed by atoms with van der Waals surface area (Å²) in [5.74, 6) is 0.227. The van der Waals surface area contributed by atoms with Crippen molar-refractivity contribution in [3.8, 4) is 11.5 Å². The molecule has 0 fully saturated rings. The minimum Gasteiger partial charge on any atom is -0.497 e. The summed E-state index contributed by atoms with van der Waals surface area (Å²) in [6.45, 7) is 2.03. The van der Waals surface area contributed by atoms with Gasteiger partial charge in [0.2, 0.25) is 0 Å². The molecule has 23 heavy (non-hydrogen) atoms. The molecule has 4 nitrogen and oxygen atoms in total. The van der Waals surface area contributed by atoms with Gasteiger partial charge in [-0.05, 0) is 49.4 Å². The average molecular weight is 338 g/mol. The second kappa shape index (κ2) is 7.83. The van der Waals surface area contributed by atoms with Crippen molar-refractivity contribution >= 4 is 17.5 Å². The molecule has 2 aromatic rings. The largest absolute Gasteiger partial charge is 0.497 e. The van der Waals surface area contributed by atoms with E-state index in [9.17, 15) is 9.18 Å². The SMILES string of the molecule is COc1ccc(OC[C@H](C)NC(=O)c2ccc(Cl)cc2F)cc1. The third-order valence-electron chi connectivity index (χ3n) is 3.11. The summed E-state index contributed by atoms with van der Waals surface area (Å²) < 4.78 is 24.3. The van der Waals surface area contributed by atoms with Crippen LogP contribution in [0.15, 0.2) is 42.5 Å². The van der Waals surface area contributed by atoms with Crippen LogP contribution in [0.25, 0.3) is 0 Å². The highest BCUT2D eigenvalue weighted by Crippen LogP contribution is 2.17. The average Bonchev–Trinajstić information content (AvgIpc) is 2.53. The maximum atomic E-state index is 13.7. The Morgan fingerprint density at radius 3 is 2.48 bits per heavy atom. The van der Waals surface area contributed by atoms with Gasteiger partial charge in [-0.25, -0.2) is 4.39 Å². The Hall–Kier alpha value is -2.27. The molecule has 0 spiro atoms. The lowest BCUT2D eigenvalue weighted by atomic mass is 10.2. The van der Waals surface area contributed by atoms with Crippen molar-refractivity contribution in [1.82, 2.24) is 5.32 Å². The zero-order valence-electron chi connectivity index (χ0n) is 12.8. The van der Waals surface area contributed by atoms with Gasteiger partial charge in [-0.3, -0.25) is 4.79 Å². The normalized spacial score (nSPS) is 11.7. The van der Waals surface area contributed by atoms with Gasteiger partial charge in [-0.1, -0.05) is 11.6 Å². The molecule has 0 aliphatic carbocycles. The molecule has 0 saturated heterocycles. The Morgan fingerprint density at radius 2 is 1.87 bits per heavy atom. The highest BCUT2D eigenvalue weighted by atomic mass is 35.5. The number of hydrogen-bond donors (Lipinski definition) is 1. The standard InChI is InChI=1S/C17H17ClFNO3/c1-11(10-23-14-6-4-13(22-2)5-7-14)20-17(21)15-8-3-12(18)9-16(15)19/h3-9,11H,10H2,1-2H3,(H,20,21)/t11-/m0/s1. The van der Waals surface area contributed by atoms with Crippen LogP contribution in [-0.4, -0.2) is 25.7 Å². The lowest BCUT2D eigenvalue weighted by Gasteiger charge is -2.15. The van der Waals surface area contributed by atoms with Crippen molar-refractivity contribution in [3.63, 3.8) is 0 Å². The second-order valence-corrected chi connectivity index (χ2v) is 5.42. The van der Waals surface area contributed by atoms with Crippen LogP contribution in [0.2, 0.25) is 5.02 Å². The van der Waals surface area contributed by atoms with Crippen LogP contribution in [0, 0.1) is 5.82 Å². The summed E-state index contributed by atoms with van der Waals surface area (Å²) in [7, 11) is 1.59. The van der Waals surface area contributed by atoms with Crippen LogP contribution in [-0.2, 0) is 0 Å². The lowest BCUT2D eigenvalue weighted by molar-refractivity contribution is 0.0922. The highest BCUT2D eigenvalue weighted by molar-refractivity contribution is 6.30. The number of halogens is 2. The minimum absolute atomic E-state index is 0.0503. The number of carbonyl (C=O) groups is 1. The molecule has 0 saturated carbocycles. The van der Waals surface area contributed by atoms with Crippen molar-refractivity contribution in [2.45, 2.75) is 13.0 Å². The van der Waals surface area contributed by atoms with Crippen LogP contribution in [0.1, 0.15) is 17.3 Å². The number of carbonyl (C=O) groups excluding carboxylic acids is 1. The van der Waals surface area contributed by atoms with Crippen LogP contribution >= 0.6 is 11.6 Å². The summed E-state index contributed by atoms with van der Waals surface area (Å²) in [6.07, 6.45) is 0. The van der Waals surface area contributed by atoms with E-state index in [-0.39, 0.29) is 23.2 Å². The summed E-state index contributed by atoms with van der Waals surface area (Å²) in [5, 5.41) is 2.92. The quantitative estimate of drug-likeness (QED) is 0.874. The van der Waals surface area contributed by atoms with Gasteiger partial charge in [0.15, 0.2) is 0 Å². The molecule has 1 N–H and O–H groups in total. The van der Waals surface area contributed by atoms with Gasteiger partial charge in [0.25, 0.3) is 5.91 Å². The second-order valence-electron chi connectivity index (χ2n) is 4.99. The maximum absolute atomic E-state index is 13.7. The molecular weight excluding hydrogens is 321 g/mol. The first-order valence-corrected chi connectivity index (χ1v) is 7.40. The van der Waals surface area contributed by atoms with Gasteiger partial charge in [0.05, 0.1) is 18.7 Å². The van der Waals surface area contributed by atoms with Crippen LogP contribution in [0.4, 0.5) is 4.39 Å². The molecule has 0 heterocycles. The molecule has 0 radical (unpaired) electrons. The van der Waals surface area contributed by atoms with Crippen molar-refractivity contribution in [1.29, 1.82) is 0 Å². The van der Waals surface area contributed by atoms with Gasteiger partial charge in [0, 0.05) is 5.02 Å². The van der Waals surface area contributed by atoms with Gasteiger partial charge < -0.3 is 14.8 Å². The molecular formula is C17H17ClFNO3. The molecule has 1 amide bonds. The molecule has 0 aromatic heterocycles. The Kier molecular flexibility index (Phi) is 5.82. The van der Waals surface area contributed by atoms with Crippen molar-refractivity contribution in [3.05, 3.63) is 58.9 Å². The number of methoxy groups -OCH3 is 1. The van der Waals surface area contributed by atoms with E-state index in [2.05, 4.69) is 5.32 Å². The first kappa shape index (κ1) is 17.1. The molecule has 0 aliphatic heterocycles. The minimum atomic E-state index is -0.654. The van der Waals surface area contributed by atoms with E-state index < -0.39 is 11.7 Å². The predicted octanol–water partition coefficient (Wildman–Crippen LogP) is 3.69. The van der Waals surface area contributed by atoms with Crippen LogP contribution < -0.4 is 14.8 Å². The zero-order chi connectivity index (χ0) is 16.8. The third-order valence-corrected chi connectivity index (χ3v) is 3.35. The van der Waals surface area contributed by atoms with Crippen molar-refractivity contribution in [2.75, 3.05) is 13.7 Å². The predicted molar refractivity (Wildman–Crippen MR) is 86.8 cm³/mol. The fraction of sp³-hybridized carbons (Fsp3) is 0.235. The molecule has 0 unspecified atom stereocenters. The van der Waals surface area contributed by atoms with E-state index in [4.69, 9.17) is 21.1 Å². The first-order valence-electron chi connectivity index (χ1n) is 7.02. The summed E-state index contributed by atoms with van der Waals surface area (Å²) in [6, 6.07) is 10.7. The monoisotopic (exact) mass is 337 g/mol. The van der Waals surface area contributed by atoms with E-state index in [1.807, 2.05) is 0 Å². The fourth-order valence-electron chi connectivity index (χ4n) is 1.91. The summed E-state index contributed by atoms with van der Waals surface area (Å²) in [4.78, 5) is 12.0. The summed E-state index contributed by atoms with van der Waals surface area (Å²) >= 11 is 5.67. The number of rotatable bonds is 6. The Bertz CT molecular complexity index is 676. The number of ether oxygens (including phenoxy) is 2. The van der Waals surface area contributed by atoms with Crippen LogP contribution in [0.3, 0.4) is 0 Å². The topological polar surface area (TPSA) is 47.6 Å².